The van der Waals surface area contributed by atoms with Crippen LogP contribution < -0.4 is 0 Å². The van der Waals surface area contributed by atoms with Gasteiger partial charge in [-0.25, -0.2) is 0 Å². The molecule has 4 heteroatoms. The first-order valence-electron chi connectivity index (χ1n) is 8.86. The first-order chi connectivity index (χ1) is 13.6. The molecule has 4 aromatic rings. The van der Waals surface area contributed by atoms with Crippen LogP contribution in [-0.4, -0.2) is 10.4 Å². The summed E-state index contributed by atoms with van der Waals surface area (Å²) in [5.74, 6) is -0.159. The lowest BCUT2D eigenvalue weighted by Gasteiger charge is -2.06. The zero-order valence-electron chi connectivity index (χ0n) is 15.2. The Morgan fingerprint density at radius 1 is 0.929 bits per heavy atom. The van der Waals surface area contributed by atoms with Crippen LogP contribution in [0.2, 0.25) is 10.0 Å². The number of rotatable bonds is 4. The third-order valence-electron chi connectivity index (χ3n) is 4.79. The average Bonchev–Trinajstić information content (AvgIpc) is 2.99. The quantitative estimate of drug-likeness (QED) is 0.263. The Kier molecular flexibility index (Phi) is 5.08. The largest absolute Gasteiger partial charge is 0.343 e. The van der Waals surface area contributed by atoms with Crippen LogP contribution in [-0.2, 0) is 7.05 Å². The highest BCUT2D eigenvalue weighted by molar-refractivity contribution is 6.37. The summed E-state index contributed by atoms with van der Waals surface area (Å²) in [6, 6.07) is 23.2. The molecule has 0 amide bonds. The summed E-state index contributed by atoms with van der Waals surface area (Å²) in [7, 11) is 2.04. The number of para-hydroxylation sites is 1. The van der Waals surface area contributed by atoms with E-state index in [-0.39, 0.29) is 5.78 Å². The maximum atomic E-state index is 12.7. The number of allylic oxidation sites excluding steroid dienone is 1. The van der Waals surface area contributed by atoms with Crippen molar-refractivity contribution in [2.24, 2.45) is 7.05 Å². The van der Waals surface area contributed by atoms with Gasteiger partial charge in [-0.1, -0.05) is 71.7 Å². The van der Waals surface area contributed by atoms with Crippen molar-refractivity contribution in [3.8, 4) is 11.3 Å². The van der Waals surface area contributed by atoms with E-state index in [1.165, 1.54) is 0 Å². The van der Waals surface area contributed by atoms with Crippen molar-refractivity contribution in [1.29, 1.82) is 0 Å². The highest BCUT2D eigenvalue weighted by atomic mass is 35.5. The van der Waals surface area contributed by atoms with Gasteiger partial charge in [0.05, 0.1) is 10.7 Å². The van der Waals surface area contributed by atoms with Gasteiger partial charge >= 0.3 is 0 Å². The smallest absolute Gasteiger partial charge is 0.187 e. The molecule has 3 aromatic carbocycles. The van der Waals surface area contributed by atoms with Crippen molar-refractivity contribution >= 4 is 46.0 Å². The van der Waals surface area contributed by atoms with Crippen LogP contribution in [0.5, 0.6) is 0 Å². The van der Waals surface area contributed by atoms with Crippen LogP contribution in [0.4, 0.5) is 0 Å². The van der Waals surface area contributed by atoms with E-state index in [2.05, 4.69) is 28.8 Å². The van der Waals surface area contributed by atoms with Gasteiger partial charge in [-0.3, -0.25) is 4.79 Å². The zero-order chi connectivity index (χ0) is 19.7. The van der Waals surface area contributed by atoms with Gasteiger partial charge < -0.3 is 4.57 Å². The van der Waals surface area contributed by atoms with Crippen molar-refractivity contribution in [2.75, 3.05) is 0 Å². The maximum absolute atomic E-state index is 12.7. The number of aromatic nitrogens is 1. The van der Waals surface area contributed by atoms with Crippen molar-refractivity contribution in [2.45, 2.75) is 0 Å². The summed E-state index contributed by atoms with van der Waals surface area (Å²) < 4.78 is 2.16. The summed E-state index contributed by atoms with van der Waals surface area (Å²) in [6.45, 7) is 0. The number of aryl methyl sites for hydroxylation is 1. The van der Waals surface area contributed by atoms with E-state index in [1.54, 1.807) is 24.3 Å². The molecule has 1 heterocycles. The van der Waals surface area contributed by atoms with E-state index in [1.807, 2.05) is 43.5 Å². The molecule has 0 bridgehead atoms. The Labute approximate surface area is 173 Å². The van der Waals surface area contributed by atoms with Crippen molar-refractivity contribution in [1.82, 2.24) is 4.57 Å². The number of benzene rings is 3. The first-order valence-corrected chi connectivity index (χ1v) is 9.62. The number of fused-ring (bicyclic) bond motifs is 1. The monoisotopic (exact) mass is 405 g/mol. The molecule has 0 saturated heterocycles. The van der Waals surface area contributed by atoms with Crippen molar-refractivity contribution in [3.63, 3.8) is 0 Å². The lowest BCUT2D eigenvalue weighted by Crippen LogP contribution is -1.96. The second-order valence-corrected chi connectivity index (χ2v) is 7.37. The van der Waals surface area contributed by atoms with Crippen LogP contribution in [0, 0.1) is 0 Å². The Hall–Kier alpha value is -2.81. The molecule has 0 spiro atoms. The average molecular weight is 406 g/mol. The van der Waals surface area contributed by atoms with E-state index in [9.17, 15) is 4.79 Å². The highest BCUT2D eigenvalue weighted by Gasteiger charge is 2.15. The van der Waals surface area contributed by atoms with Gasteiger partial charge in [0.1, 0.15) is 0 Å². The topological polar surface area (TPSA) is 22.0 Å². The Balaban J connectivity index is 1.84. The SMILES string of the molecule is Cn1c(-c2ccccc2)c(/C=C/C(=O)c2ccc(Cl)cc2Cl)c2ccccc21. The summed E-state index contributed by atoms with van der Waals surface area (Å²) >= 11 is 12.1. The molecule has 0 atom stereocenters. The van der Waals surface area contributed by atoms with Gasteiger partial charge in [0.25, 0.3) is 0 Å². The van der Waals surface area contributed by atoms with Gasteiger partial charge in [-0.2, -0.15) is 0 Å². The van der Waals surface area contributed by atoms with Crippen molar-refractivity contribution in [3.05, 3.63) is 100 Å². The third-order valence-corrected chi connectivity index (χ3v) is 5.34. The number of hydrogen-bond acceptors (Lipinski definition) is 1. The summed E-state index contributed by atoms with van der Waals surface area (Å²) in [6.07, 6.45) is 3.45. The van der Waals surface area contributed by atoms with E-state index in [4.69, 9.17) is 23.2 Å². The predicted molar refractivity (Wildman–Crippen MR) is 118 cm³/mol. The molecule has 4 rings (SSSR count). The van der Waals surface area contributed by atoms with Crippen LogP contribution in [0.1, 0.15) is 15.9 Å². The molecule has 1 aromatic heterocycles. The molecule has 28 heavy (non-hydrogen) atoms. The fraction of sp³-hybridized carbons (Fsp3) is 0.0417. The molecule has 0 radical (unpaired) electrons. The minimum absolute atomic E-state index is 0.159. The van der Waals surface area contributed by atoms with Gasteiger partial charge in [-0.15, -0.1) is 0 Å². The summed E-state index contributed by atoms with van der Waals surface area (Å²) in [5, 5.41) is 1.95. The zero-order valence-corrected chi connectivity index (χ0v) is 16.7. The molecule has 0 fully saturated rings. The fourth-order valence-corrected chi connectivity index (χ4v) is 3.98. The number of halogens is 2. The van der Waals surface area contributed by atoms with E-state index >= 15 is 0 Å². The molecule has 0 aliphatic heterocycles. The first kappa shape index (κ1) is 18.5. The standard InChI is InChI=1S/C24H17Cl2NO/c1-27-22-10-6-5-9-18(22)19(24(27)16-7-3-2-4-8-16)13-14-23(28)20-12-11-17(25)15-21(20)26/h2-15H,1H3/b14-13+. The molecule has 138 valence electrons. The predicted octanol–water partition coefficient (Wildman–Crippen LogP) is 7.05. The number of carbonyl (C=O) groups excluding carboxylic acids is 1. The molecule has 0 N–H and O–H groups in total. The van der Waals surface area contributed by atoms with Crippen LogP contribution in [0.15, 0.2) is 78.9 Å². The van der Waals surface area contributed by atoms with E-state index in [0.717, 1.165) is 27.7 Å². The van der Waals surface area contributed by atoms with Crippen LogP contribution in [0.25, 0.3) is 28.2 Å². The van der Waals surface area contributed by atoms with E-state index in [0.29, 0.717) is 15.6 Å². The molecule has 0 aliphatic rings. The third kappa shape index (κ3) is 3.37. The van der Waals surface area contributed by atoms with Gasteiger partial charge in [-0.05, 0) is 42.0 Å². The minimum Gasteiger partial charge on any atom is -0.343 e. The number of hydrogen-bond donors (Lipinski definition) is 0. The van der Waals surface area contributed by atoms with Gasteiger partial charge in [0.2, 0.25) is 0 Å². The normalized spacial score (nSPS) is 11.4. The summed E-state index contributed by atoms with van der Waals surface area (Å²) in [5.41, 5.74) is 4.70. The Bertz CT molecular complexity index is 1210. The highest BCUT2D eigenvalue weighted by Crippen LogP contribution is 2.34. The van der Waals surface area contributed by atoms with Crippen LogP contribution >= 0.6 is 23.2 Å². The lowest BCUT2D eigenvalue weighted by molar-refractivity contribution is 0.104. The number of carbonyl (C=O) groups is 1. The lowest BCUT2D eigenvalue weighted by atomic mass is 10.0. The van der Waals surface area contributed by atoms with Gasteiger partial charge in [0.15, 0.2) is 5.78 Å². The van der Waals surface area contributed by atoms with Crippen molar-refractivity contribution < 1.29 is 4.79 Å². The Morgan fingerprint density at radius 3 is 2.39 bits per heavy atom. The number of ketones is 1. The Morgan fingerprint density at radius 2 is 1.64 bits per heavy atom. The molecule has 0 unspecified atom stereocenters. The molecule has 0 aliphatic carbocycles. The maximum Gasteiger partial charge on any atom is 0.187 e. The molecule has 2 nitrogen and oxygen atoms in total. The second-order valence-electron chi connectivity index (χ2n) is 6.53. The minimum atomic E-state index is -0.159. The van der Waals surface area contributed by atoms with Crippen LogP contribution in [0.3, 0.4) is 0 Å². The molecular weight excluding hydrogens is 389 g/mol. The fourth-order valence-electron chi connectivity index (χ4n) is 3.47. The van der Waals surface area contributed by atoms with Gasteiger partial charge in [0, 0.05) is 34.1 Å². The summed E-state index contributed by atoms with van der Waals surface area (Å²) in [4.78, 5) is 12.7. The second kappa shape index (κ2) is 7.67. The van der Waals surface area contributed by atoms with E-state index < -0.39 is 0 Å². The molecular formula is C24H17Cl2NO. The molecule has 0 saturated carbocycles. The number of nitrogens with zero attached hydrogens (tertiary/aromatic N) is 1.